The Balaban J connectivity index is 1.83. The van der Waals surface area contributed by atoms with E-state index < -0.39 is 0 Å². The summed E-state index contributed by atoms with van der Waals surface area (Å²) in [5, 5.41) is 2.03. The van der Waals surface area contributed by atoms with Gasteiger partial charge in [-0.05, 0) is 35.6 Å². The number of thiocarbonyl (C=S) groups is 1. The van der Waals surface area contributed by atoms with Crippen LogP contribution in [0.25, 0.3) is 6.08 Å². The molecule has 0 N–H and O–H groups in total. The van der Waals surface area contributed by atoms with Crippen molar-refractivity contribution in [1.29, 1.82) is 0 Å². The summed E-state index contributed by atoms with van der Waals surface area (Å²) in [6, 6.07) is 12.0. The Kier molecular flexibility index (Phi) is 4.24. The SMILES string of the molecule is Cc1ccsc1/C=C1/SC(=S)N(Cc2ccccc2)C1=O. The molecule has 106 valence electrons. The van der Waals surface area contributed by atoms with Crippen molar-refractivity contribution < 1.29 is 4.79 Å². The van der Waals surface area contributed by atoms with E-state index in [1.165, 1.54) is 17.3 Å². The molecule has 0 bridgehead atoms. The van der Waals surface area contributed by atoms with Crippen LogP contribution < -0.4 is 0 Å². The van der Waals surface area contributed by atoms with Crippen molar-refractivity contribution in [2.75, 3.05) is 0 Å². The van der Waals surface area contributed by atoms with Crippen LogP contribution in [0.2, 0.25) is 0 Å². The smallest absolute Gasteiger partial charge is 0.266 e. The molecule has 1 saturated heterocycles. The summed E-state index contributed by atoms with van der Waals surface area (Å²) in [4.78, 5) is 16.0. The van der Waals surface area contributed by atoms with Crippen molar-refractivity contribution in [3.05, 3.63) is 62.7 Å². The van der Waals surface area contributed by atoms with E-state index >= 15 is 0 Å². The van der Waals surface area contributed by atoms with Crippen molar-refractivity contribution in [2.24, 2.45) is 0 Å². The zero-order valence-electron chi connectivity index (χ0n) is 11.4. The van der Waals surface area contributed by atoms with Crippen LogP contribution in [-0.2, 0) is 11.3 Å². The molecule has 1 aromatic heterocycles. The zero-order chi connectivity index (χ0) is 14.8. The van der Waals surface area contributed by atoms with E-state index in [2.05, 4.69) is 6.07 Å². The van der Waals surface area contributed by atoms with Gasteiger partial charge in [0.2, 0.25) is 0 Å². The minimum Gasteiger partial charge on any atom is -0.288 e. The molecule has 1 amide bonds. The van der Waals surface area contributed by atoms with Gasteiger partial charge in [-0.15, -0.1) is 11.3 Å². The molecule has 2 nitrogen and oxygen atoms in total. The van der Waals surface area contributed by atoms with Crippen molar-refractivity contribution in [1.82, 2.24) is 4.90 Å². The van der Waals surface area contributed by atoms with Crippen LogP contribution in [0.15, 0.2) is 46.7 Å². The maximum absolute atomic E-state index is 12.5. The predicted octanol–water partition coefficient (Wildman–Crippen LogP) is 4.46. The fraction of sp³-hybridized carbons (Fsp3) is 0.125. The molecule has 5 heteroatoms. The highest BCUT2D eigenvalue weighted by Gasteiger charge is 2.32. The van der Waals surface area contributed by atoms with Crippen molar-refractivity contribution in [2.45, 2.75) is 13.5 Å². The number of rotatable bonds is 3. The monoisotopic (exact) mass is 331 g/mol. The molecule has 1 aliphatic rings. The maximum atomic E-state index is 12.5. The summed E-state index contributed by atoms with van der Waals surface area (Å²) >= 11 is 8.38. The largest absolute Gasteiger partial charge is 0.288 e. The van der Waals surface area contributed by atoms with Crippen LogP contribution in [0.4, 0.5) is 0 Å². The molecule has 2 aromatic rings. The molecule has 1 fully saturated rings. The zero-order valence-corrected chi connectivity index (χ0v) is 13.9. The first-order valence-corrected chi connectivity index (χ1v) is 8.59. The van der Waals surface area contributed by atoms with Crippen molar-refractivity contribution >= 4 is 51.6 Å². The first-order valence-electron chi connectivity index (χ1n) is 6.48. The Morgan fingerprint density at radius 3 is 2.67 bits per heavy atom. The minimum absolute atomic E-state index is 0.00153. The molecular weight excluding hydrogens is 318 g/mol. The van der Waals surface area contributed by atoms with Crippen LogP contribution in [0.1, 0.15) is 16.0 Å². The van der Waals surface area contributed by atoms with Crippen LogP contribution in [0.5, 0.6) is 0 Å². The highest BCUT2D eigenvalue weighted by atomic mass is 32.2. The summed E-state index contributed by atoms with van der Waals surface area (Å²) in [7, 11) is 0. The second kappa shape index (κ2) is 6.13. The van der Waals surface area contributed by atoms with Gasteiger partial charge in [0.25, 0.3) is 5.91 Å². The van der Waals surface area contributed by atoms with Crippen molar-refractivity contribution in [3.63, 3.8) is 0 Å². The molecule has 21 heavy (non-hydrogen) atoms. The lowest BCUT2D eigenvalue weighted by Crippen LogP contribution is -2.27. The van der Waals surface area contributed by atoms with Gasteiger partial charge in [-0.2, -0.15) is 0 Å². The summed E-state index contributed by atoms with van der Waals surface area (Å²) in [6.45, 7) is 2.58. The molecule has 0 unspecified atom stereocenters. The van der Waals surface area contributed by atoms with Gasteiger partial charge in [0.05, 0.1) is 11.4 Å². The van der Waals surface area contributed by atoms with E-state index in [9.17, 15) is 4.79 Å². The summed E-state index contributed by atoms with van der Waals surface area (Å²) in [6.07, 6.45) is 1.95. The fourth-order valence-corrected chi connectivity index (χ4v) is 4.22. The van der Waals surface area contributed by atoms with Crippen LogP contribution in [-0.4, -0.2) is 15.1 Å². The van der Waals surface area contributed by atoms with Gasteiger partial charge in [0, 0.05) is 4.88 Å². The molecule has 0 atom stereocenters. The molecule has 3 rings (SSSR count). The van der Waals surface area contributed by atoms with Crippen LogP contribution in [0, 0.1) is 6.92 Å². The average Bonchev–Trinajstić information content (AvgIpc) is 2.99. The van der Waals surface area contributed by atoms with Gasteiger partial charge < -0.3 is 0 Å². The Morgan fingerprint density at radius 2 is 2.00 bits per heavy atom. The number of thioether (sulfide) groups is 1. The van der Waals surface area contributed by atoms with Crippen molar-refractivity contribution in [3.8, 4) is 0 Å². The fourth-order valence-electron chi connectivity index (χ4n) is 2.05. The Morgan fingerprint density at radius 1 is 1.24 bits per heavy atom. The first-order chi connectivity index (χ1) is 10.1. The molecule has 1 aromatic carbocycles. The molecule has 0 radical (unpaired) electrons. The standard InChI is InChI=1S/C16H13NOS3/c1-11-7-8-20-13(11)9-14-15(18)17(16(19)21-14)10-12-5-3-2-4-6-12/h2-9H,10H2,1H3/b14-9+. The second-order valence-corrected chi connectivity index (χ2v) is 7.34. The first kappa shape index (κ1) is 14.5. The highest BCUT2D eigenvalue weighted by molar-refractivity contribution is 8.26. The molecule has 0 saturated carbocycles. The predicted molar refractivity (Wildman–Crippen MR) is 94.2 cm³/mol. The number of thiophene rings is 1. The summed E-state index contributed by atoms with van der Waals surface area (Å²) in [5.74, 6) is 0.00153. The van der Waals surface area contributed by atoms with Gasteiger partial charge in [0.1, 0.15) is 4.32 Å². The highest BCUT2D eigenvalue weighted by Crippen LogP contribution is 2.34. The van der Waals surface area contributed by atoms with Gasteiger partial charge in [-0.25, -0.2) is 0 Å². The lowest BCUT2D eigenvalue weighted by atomic mass is 10.2. The molecule has 0 aliphatic carbocycles. The number of carbonyl (C=O) groups is 1. The molecule has 0 spiro atoms. The number of aryl methyl sites for hydroxylation is 1. The van der Waals surface area contributed by atoms with E-state index in [1.807, 2.05) is 48.7 Å². The van der Waals surface area contributed by atoms with E-state index in [1.54, 1.807) is 16.2 Å². The third-order valence-corrected chi connectivity index (χ3v) is 5.56. The third kappa shape index (κ3) is 3.10. The number of hydrogen-bond acceptors (Lipinski definition) is 4. The second-order valence-electron chi connectivity index (χ2n) is 4.72. The number of amides is 1. The van der Waals surface area contributed by atoms with Gasteiger partial charge in [0.15, 0.2) is 0 Å². The lowest BCUT2D eigenvalue weighted by Gasteiger charge is -2.14. The quantitative estimate of drug-likeness (QED) is 0.612. The lowest BCUT2D eigenvalue weighted by molar-refractivity contribution is -0.122. The number of benzene rings is 1. The molecular formula is C16H13NOS3. The average molecular weight is 331 g/mol. The summed E-state index contributed by atoms with van der Waals surface area (Å²) < 4.78 is 0.629. The van der Waals surface area contributed by atoms with E-state index in [0.717, 1.165) is 10.4 Å². The van der Waals surface area contributed by atoms with Crippen LogP contribution in [0.3, 0.4) is 0 Å². The number of hydrogen-bond donors (Lipinski definition) is 0. The van der Waals surface area contributed by atoms with Crippen LogP contribution >= 0.6 is 35.3 Å². The topological polar surface area (TPSA) is 20.3 Å². The Labute approximate surface area is 137 Å². The normalized spacial score (nSPS) is 17.0. The Hall–Kier alpha value is -1.43. The third-order valence-electron chi connectivity index (χ3n) is 3.22. The molecule has 1 aliphatic heterocycles. The molecule has 2 heterocycles. The Bertz CT molecular complexity index is 718. The number of nitrogens with zero attached hydrogens (tertiary/aromatic N) is 1. The number of carbonyl (C=O) groups excluding carboxylic acids is 1. The van der Waals surface area contributed by atoms with Gasteiger partial charge in [-0.1, -0.05) is 54.3 Å². The van der Waals surface area contributed by atoms with Gasteiger partial charge >= 0.3 is 0 Å². The van der Waals surface area contributed by atoms with E-state index in [-0.39, 0.29) is 5.91 Å². The minimum atomic E-state index is 0.00153. The maximum Gasteiger partial charge on any atom is 0.266 e. The van der Waals surface area contributed by atoms with E-state index in [0.29, 0.717) is 15.8 Å². The van der Waals surface area contributed by atoms with Gasteiger partial charge in [-0.3, -0.25) is 9.69 Å². The van der Waals surface area contributed by atoms with E-state index in [4.69, 9.17) is 12.2 Å². The summed E-state index contributed by atoms with van der Waals surface area (Å²) in [5.41, 5.74) is 2.27.